The summed E-state index contributed by atoms with van der Waals surface area (Å²) in [5.74, 6) is 0.0364. The van der Waals surface area contributed by atoms with E-state index in [1.54, 1.807) is 0 Å². The van der Waals surface area contributed by atoms with E-state index in [1.165, 1.54) is 0 Å². The summed E-state index contributed by atoms with van der Waals surface area (Å²) < 4.78 is 1.07. The van der Waals surface area contributed by atoms with E-state index in [0.29, 0.717) is 6.42 Å². The zero-order valence-electron chi connectivity index (χ0n) is 8.96. The molecular weight excluding hydrogens is 266 g/mol. The Hall–Kier alpha value is -1.35. The quantitative estimate of drug-likeness (QED) is 0.885. The van der Waals surface area contributed by atoms with Crippen molar-refractivity contribution in [3.63, 3.8) is 0 Å². The van der Waals surface area contributed by atoms with E-state index >= 15 is 0 Å². The summed E-state index contributed by atoms with van der Waals surface area (Å²) in [6.07, 6.45) is 0.497. The normalized spacial score (nSPS) is 10.4. The Labute approximate surface area is 103 Å². The number of halogens is 1. The van der Waals surface area contributed by atoms with Gasteiger partial charge >= 0.3 is 0 Å². The lowest BCUT2D eigenvalue weighted by molar-refractivity contribution is -0.115. The van der Waals surface area contributed by atoms with Gasteiger partial charge in [-0.3, -0.25) is 4.79 Å². The first-order valence-corrected chi connectivity index (χ1v) is 5.98. The second-order valence-corrected chi connectivity index (χ2v) is 4.43. The number of rotatable bonds is 2. The van der Waals surface area contributed by atoms with Gasteiger partial charge < -0.3 is 5.32 Å². The van der Waals surface area contributed by atoms with Gasteiger partial charge in [0.2, 0.25) is 5.91 Å². The fourth-order valence-electron chi connectivity index (χ4n) is 1.57. The first kappa shape index (κ1) is 11.1. The van der Waals surface area contributed by atoms with Crippen molar-refractivity contribution in [3.8, 4) is 0 Å². The fourth-order valence-corrected chi connectivity index (χ4v) is 2.08. The lowest BCUT2D eigenvalue weighted by Gasteiger charge is -2.06. The predicted octanol–water partition coefficient (Wildman–Crippen LogP) is 3.95. The highest BCUT2D eigenvalue weighted by molar-refractivity contribution is 9.10. The summed E-state index contributed by atoms with van der Waals surface area (Å²) in [5, 5.41) is 5.11. The largest absolute Gasteiger partial charge is 0.326 e. The Bertz CT molecular complexity index is 536. The number of carbonyl (C=O) groups is 1. The molecule has 0 saturated heterocycles. The van der Waals surface area contributed by atoms with Gasteiger partial charge in [-0.1, -0.05) is 41.1 Å². The third kappa shape index (κ3) is 2.25. The van der Waals surface area contributed by atoms with Crippen molar-refractivity contribution in [2.24, 2.45) is 0 Å². The fraction of sp³-hybridized carbons (Fsp3) is 0.154. The highest BCUT2D eigenvalue weighted by Crippen LogP contribution is 2.26. The number of carbonyl (C=O) groups excluding carboxylic acids is 1. The third-order valence-electron chi connectivity index (χ3n) is 2.43. The van der Waals surface area contributed by atoms with Gasteiger partial charge in [-0.25, -0.2) is 0 Å². The summed E-state index contributed by atoms with van der Waals surface area (Å²) >= 11 is 3.50. The maximum Gasteiger partial charge on any atom is 0.224 e. The van der Waals surface area contributed by atoms with Crippen LogP contribution in [0.2, 0.25) is 0 Å². The molecule has 16 heavy (non-hydrogen) atoms. The molecule has 0 heterocycles. The molecule has 0 radical (unpaired) electrons. The highest BCUT2D eigenvalue weighted by atomic mass is 79.9. The molecule has 1 amide bonds. The van der Waals surface area contributed by atoms with Gasteiger partial charge in [-0.05, 0) is 29.0 Å². The number of nitrogens with one attached hydrogen (secondary N) is 1. The molecule has 1 N–H and O–H groups in total. The van der Waals surface area contributed by atoms with Gasteiger partial charge in [0.25, 0.3) is 0 Å². The summed E-state index contributed by atoms with van der Waals surface area (Å²) in [6.45, 7) is 1.84. The molecule has 82 valence electrons. The lowest BCUT2D eigenvalue weighted by Crippen LogP contribution is -2.09. The van der Waals surface area contributed by atoms with Crippen LogP contribution in [-0.2, 0) is 4.79 Å². The molecule has 0 fully saturated rings. The van der Waals surface area contributed by atoms with Crippen LogP contribution >= 0.6 is 15.9 Å². The van der Waals surface area contributed by atoms with E-state index in [2.05, 4.69) is 21.2 Å². The van der Waals surface area contributed by atoms with Crippen LogP contribution in [0.25, 0.3) is 10.8 Å². The van der Waals surface area contributed by atoms with Gasteiger partial charge in [0.05, 0.1) is 0 Å². The molecule has 2 aromatic carbocycles. The van der Waals surface area contributed by atoms with E-state index in [9.17, 15) is 4.79 Å². The molecule has 0 bridgehead atoms. The molecule has 0 spiro atoms. The van der Waals surface area contributed by atoms with Crippen molar-refractivity contribution in [3.05, 3.63) is 40.9 Å². The van der Waals surface area contributed by atoms with E-state index in [4.69, 9.17) is 0 Å². The molecule has 0 atom stereocenters. The second-order valence-electron chi connectivity index (χ2n) is 3.58. The molecular formula is C13H12BrNO. The van der Waals surface area contributed by atoms with E-state index < -0.39 is 0 Å². The number of fused-ring (bicyclic) bond motifs is 1. The predicted molar refractivity (Wildman–Crippen MR) is 70.6 cm³/mol. The minimum Gasteiger partial charge on any atom is -0.326 e. The van der Waals surface area contributed by atoms with Gasteiger partial charge in [0.1, 0.15) is 0 Å². The summed E-state index contributed by atoms with van der Waals surface area (Å²) in [4.78, 5) is 11.3. The van der Waals surface area contributed by atoms with Crippen LogP contribution in [0.3, 0.4) is 0 Å². The van der Waals surface area contributed by atoms with E-state index in [0.717, 1.165) is 20.9 Å². The van der Waals surface area contributed by atoms with Crippen molar-refractivity contribution >= 4 is 38.3 Å². The molecule has 0 aliphatic heterocycles. The molecule has 0 saturated carbocycles. The third-order valence-corrected chi connectivity index (χ3v) is 3.12. The van der Waals surface area contributed by atoms with Crippen LogP contribution in [0.15, 0.2) is 40.9 Å². The van der Waals surface area contributed by atoms with E-state index in [-0.39, 0.29) is 5.91 Å². The van der Waals surface area contributed by atoms with Crippen LogP contribution in [-0.4, -0.2) is 5.91 Å². The first-order valence-electron chi connectivity index (χ1n) is 5.19. The summed E-state index contributed by atoms with van der Waals surface area (Å²) in [7, 11) is 0. The summed E-state index contributed by atoms with van der Waals surface area (Å²) in [5.41, 5.74) is 0.845. The molecule has 2 nitrogen and oxygen atoms in total. The lowest BCUT2D eigenvalue weighted by atomic mass is 10.1. The van der Waals surface area contributed by atoms with Crippen molar-refractivity contribution in [1.29, 1.82) is 0 Å². The van der Waals surface area contributed by atoms with Crippen LogP contribution in [0.5, 0.6) is 0 Å². The van der Waals surface area contributed by atoms with Crippen LogP contribution in [0.4, 0.5) is 5.69 Å². The Morgan fingerprint density at radius 1 is 1.31 bits per heavy atom. The van der Waals surface area contributed by atoms with Crippen molar-refractivity contribution < 1.29 is 4.79 Å². The average Bonchev–Trinajstić information content (AvgIpc) is 2.29. The molecule has 0 aliphatic rings. The summed E-state index contributed by atoms with van der Waals surface area (Å²) in [6, 6.07) is 11.9. The smallest absolute Gasteiger partial charge is 0.224 e. The maximum absolute atomic E-state index is 11.3. The average molecular weight is 278 g/mol. The Kier molecular flexibility index (Phi) is 3.25. The van der Waals surface area contributed by atoms with Crippen LogP contribution in [0.1, 0.15) is 13.3 Å². The zero-order chi connectivity index (χ0) is 11.5. The SMILES string of the molecule is CCC(=O)Nc1ccc2c(Br)cccc2c1. The van der Waals surface area contributed by atoms with Gasteiger partial charge in [-0.2, -0.15) is 0 Å². The minimum atomic E-state index is 0.0364. The maximum atomic E-state index is 11.3. The molecule has 2 aromatic rings. The molecule has 0 unspecified atom stereocenters. The zero-order valence-corrected chi connectivity index (χ0v) is 10.5. The Morgan fingerprint density at radius 2 is 2.12 bits per heavy atom. The van der Waals surface area contributed by atoms with Crippen LogP contribution in [0, 0.1) is 0 Å². The Balaban J connectivity index is 2.41. The molecule has 0 aliphatic carbocycles. The minimum absolute atomic E-state index is 0.0364. The standard InChI is InChI=1S/C13H12BrNO/c1-2-13(16)15-10-6-7-11-9(8-10)4-3-5-12(11)14/h3-8H,2H2,1H3,(H,15,16). The van der Waals surface area contributed by atoms with Crippen molar-refractivity contribution in [2.75, 3.05) is 5.32 Å². The first-order chi connectivity index (χ1) is 7.70. The molecule has 0 aromatic heterocycles. The number of amides is 1. The number of anilines is 1. The molecule has 3 heteroatoms. The van der Waals surface area contributed by atoms with E-state index in [1.807, 2.05) is 43.3 Å². The topological polar surface area (TPSA) is 29.1 Å². The van der Waals surface area contributed by atoms with Crippen LogP contribution < -0.4 is 5.32 Å². The van der Waals surface area contributed by atoms with Crippen molar-refractivity contribution in [1.82, 2.24) is 0 Å². The number of benzene rings is 2. The monoisotopic (exact) mass is 277 g/mol. The van der Waals surface area contributed by atoms with Crippen molar-refractivity contribution in [2.45, 2.75) is 13.3 Å². The van der Waals surface area contributed by atoms with Gasteiger partial charge in [0.15, 0.2) is 0 Å². The highest BCUT2D eigenvalue weighted by Gasteiger charge is 2.01. The Morgan fingerprint density at radius 3 is 2.88 bits per heavy atom. The van der Waals surface area contributed by atoms with Gasteiger partial charge in [-0.15, -0.1) is 0 Å². The van der Waals surface area contributed by atoms with Gasteiger partial charge in [0, 0.05) is 16.6 Å². The molecule has 2 rings (SSSR count). The number of hydrogen-bond donors (Lipinski definition) is 1. The number of hydrogen-bond acceptors (Lipinski definition) is 1. The second kappa shape index (κ2) is 4.66.